The summed E-state index contributed by atoms with van der Waals surface area (Å²) in [6.07, 6.45) is -2.60. The maximum Gasteiger partial charge on any atom is 0.323 e. The van der Waals surface area contributed by atoms with Crippen LogP contribution in [0.4, 0.5) is 13.2 Å². The minimum absolute atomic E-state index is 1.16. The van der Waals surface area contributed by atoms with E-state index in [0.29, 0.717) is 0 Å². The maximum absolute atomic E-state index is 12.0. The lowest BCUT2D eigenvalue weighted by Gasteiger charge is -2.12. The van der Waals surface area contributed by atoms with Gasteiger partial charge in [0, 0.05) is 0 Å². The van der Waals surface area contributed by atoms with Crippen molar-refractivity contribution in [2.75, 3.05) is 0 Å². The molecule has 0 aliphatic rings. The summed E-state index contributed by atoms with van der Waals surface area (Å²) >= 11 is 15.2. The second-order valence-corrected chi connectivity index (χ2v) is 4.06. The van der Waals surface area contributed by atoms with Gasteiger partial charge in [0.15, 0.2) is 0 Å². The molecule has 82 valence electrons. The number of hydrogen-bond donors (Lipinski definition) is 3. The Morgan fingerprint density at radius 3 is 1.93 bits per heavy atom. The summed E-state index contributed by atoms with van der Waals surface area (Å²) in [6, 6.07) is 0. The van der Waals surface area contributed by atoms with Crippen LogP contribution in [0.15, 0.2) is 12.0 Å². The Morgan fingerprint density at radius 2 is 1.57 bits per heavy atom. The molecule has 0 radical (unpaired) electrons. The van der Waals surface area contributed by atoms with Crippen molar-refractivity contribution in [3.05, 3.63) is 12.0 Å². The topological polar surface area (TPSA) is 53.2 Å². The number of alkyl halides is 3. The lowest BCUT2D eigenvalue weighted by atomic mass is 10.7. The fourth-order valence-electron chi connectivity index (χ4n) is 0.261. The Kier molecular flexibility index (Phi) is 5.35. The quantitative estimate of drug-likeness (QED) is 0.415. The van der Waals surface area contributed by atoms with Crippen molar-refractivity contribution in [3.63, 3.8) is 0 Å². The van der Waals surface area contributed by atoms with E-state index in [0.717, 1.165) is 0 Å². The third-order valence-corrected chi connectivity index (χ3v) is 1.29. The molecule has 0 unspecified atom stereocenters. The number of amides is 1. The second-order valence-electron chi connectivity index (χ2n) is 1.78. The van der Waals surface area contributed by atoms with E-state index < -0.39 is 21.7 Å². The van der Waals surface area contributed by atoms with E-state index in [9.17, 15) is 18.0 Å². The Labute approximate surface area is 91.3 Å². The molecule has 0 aliphatic carbocycles. The van der Waals surface area contributed by atoms with Gasteiger partial charge in [0.2, 0.25) is 0 Å². The molecule has 0 saturated carbocycles. The lowest BCUT2D eigenvalue weighted by molar-refractivity contribution is -0.121. The maximum atomic E-state index is 12.0. The predicted octanol–water partition coefficient (Wildman–Crippen LogP) is 1.52. The van der Waals surface area contributed by atoms with E-state index >= 15 is 0 Å². The molecule has 0 aliphatic heterocycles. The zero-order valence-corrected chi connectivity index (χ0v) is 8.44. The predicted molar refractivity (Wildman–Crippen MR) is 45.1 cm³/mol. The van der Waals surface area contributed by atoms with E-state index in [2.05, 4.69) is 0 Å². The Bertz CT molecular complexity index is 250. The fraction of sp³-hybridized carbons (Fsp3) is 0.250. The fourth-order valence-corrected chi connectivity index (χ4v) is 0.403. The Hall–Kier alpha value is -0.370. The number of hydrazine groups is 2. The zero-order valence-electron chi connectivity index (χ0n) is 6.18. The summed E-state index contributed by atoms with van der Waals surface area (Å²) in [6.45, 7) is 0. The van der Waals surface area contributed by atoms with E-state index in [-0.39, 0.29) is 0 Å². The van der Waals surface area contributed by atoms with Gasteiger partial charge in [-0.25, -0.2) is 0 Å². The molecular weight excluding hydrogens is 269 g/mol. The lowest BCUT2D eigenvalue weighted by Crippen LogP contribution is -2.49. The van der Waals surface area contributed by atoms with E-state index in [1.165, 1.54) is 5.43 Å². The third-order valence-electron chi connectivity index (χ3n) is 0.772. The highest BCUT2D eigenvalue weighted by atomic mass is 35.6. The average Bonchev–Trinajstić information content (AvgIpc) is 2.01. The van der Waals surface area contributed by atoms with Crippen molar-refractivity contribution in [1.82, 2.24) is 16.4 Å². The minimum Gasteiger partial charge on any atom is -0.275 e. The molecule has 0 aromatic rings. The Morgan fingerprint density at radius 1 is 1.07 bits per heavy atom. The standard InChI is InChI=1S/C4H3Cl3F3N3O/c5-4(6,7)3(14)12-13-11-2(10)1(8)9/h11,13H,(H,12,14). The highest BCUT2D eigenvalue weighted by molar-refractivity contribution is 6.76. The molecule has 0 aromatic heterocycles. The molecule has 10 heteroatoms. The van der Waals surface area contributed by atoms with Gasteiger partial charge in [0.25, 0.3) is 15.7 Å². The normalized spacial score (nSPS) is 10.7. The van der Waals surface area contributed by atoms with Gasteiger partial charge in [-0.1, -0.05) is 34.8 Å². The number of halogens is 6. The Balaban J connectivity index is 3.88. The van der Waals surface area contributed by atoms with Gasteiger partial charge in [0.1, 0.15) is 0 Å². The van der Waals surface area contributed by atoms with Crippen LogP contribution in [0.2, 0.25) is 0 Å². The molecule has 1 amide bonds. The first kappa shape index (κ1) is 13.6. The van der Waals surface area contributed by atoms with Crippen LogP contribution >= 0.6 is 34.8 Å². The molecule has 0 bridgehead atoms. The second kappa shape index (κ2) is 5.50. The largest absolute Gasteiger partial charge is 0.323 e. The number of carbonyl (C=O) groups is 1. The molecule has 0 rings (SSSR count). The summed E-state index contributed by atoms with van der Waals surface area (Å²) in [7, 11) is 0. The average molecular weight is 272 g/mol. The monoisotopic (exact) mass is 271 g/mol. The van der Waals surface area contributed by atoms with Crippen LogP contribution in [0.3, 0.4) is 0 Å². The summed E-state index contributed by atoms with van der Waals surface area (Å²) in [5.74, 6) is -3.13. The number of nitrogens with one attached hydrogen (secondary N) is 3. The van der Waals surface area contributed by atoms with Gasteiger partial charge in [0.05, 0.1) is 0 Å². The van der Waals surface area contributed by atoms with Gasteiger partial charge >= 0.3 is 6.08 Å². The van der Waals surface area contributed by atoms with Gasteiger partial charge < -0.3 is 0 Å². The van der Waals surface area contributed by atoms with Crippen LogP contribution < -0.4 is 16.4 Å². The first-order chi connectivity index (χ1) is 6.25. The van der Waals surface area contributed by atoms with Crippen LogP contribution in [-0.2, 0) is 4.79 Å². The van der Waals surface area contributed by atoms with E-state index in [1.807, 2.05) is 0 Å². The summed E-state index contributed by atoms with van der Waals surface area (Å²) in [5.41, 5.74) is 4.45. The van der Waals surface area contributed by atoms with Crippen LogP contribution in [0.5, 0.6) is 0 Å². The highest BCUT2D eigenvalue weighted by Crippen LogP contribution is 2.25. The minimum atomic E-state index is -2.60. The van der Waals surface area contributed by atoms with Crippen LogP contribution in [-0.4, -0.2) is 9.70 Å². The van der Waals surface area contributed by atoms with E-state index in [4.69, 9.17) is 34.8 Å². The molecule has 0 heterocycles. The zero-order chi connectivity index (χ0) is 11.4. The molecule has 0 spiro atoms. The van der Waals surface area contributed by atoms with Crippen LogP contribution in [0.1, 0.15) is 0 Å². The summed E-state index contributed by atoms with van der Waals surface area (Å²) in [4.78, 5) is 10.7. The third kappa shape index (κ3) is 5.38. The molecule has 0 aromatic carbocycles. The smallest absolute Gasteiger partial charge is 0.275 e. The van der Waals surface area contributed by atoms with Gasteiger partial charge in [-0.3, -0.25) is 15.6 Å². The summed E-state index contributed by atoms with van der Waals surface area (Å²) < 4.78 is 32.5. The van der Waals surface area contributed by atoms with Crippen molar-refractivity contribution in [1.29, 1.82) is 0 Å². The molecule has 0 atom stereocenters. The van der Waals surface area contributed by atoms with E-state index in [1.54, 1.807) is 11.0 Å². The van der Waals surface area contributed by atoms with Crippen molar-refractivity contribution < 1.29 is 18.0 Å². The van der Waals surface area contributed by atoms with Crippen molar-refractivity contribution >= 4 is 40.7 Å². The SMILES string of the molecule is O=C(NNNC(F)=C(F)F)C(Cl)(Cl)Cl. The highest BCUT2D eigenvalue weighted by Gasteiger charge is 2.30. The van der Waals surface area contributed by atoms with Crippen molar-refractivity contribution in [2.45, 2.75) is 3.79 Å². The molecule has 4 nitrogen and oxygen atoms in total. The number of hydrogen-bond acceptors (Lipinski definition) is 3. The number of carbonyl (C=O) groups excluding carboxylic acids is 1. The van der Waals surface area contributed by atoms with Crippen LogP contribution in [0, 0.1) is 0 Å². The first-order valence-electron chi connectivity index (χ1n) is 2.84. The molecule has 14 heavy (non-hydrogen) atoms. The summed E-state index contributed by atoms with van der Waals surface area (Å²) in [5, 5.41) is 0. The number of rotatable bonds is 3. The first-order valence-corrected chi connectivity index (χ1v) is 3.97. The molecular formula is C4H3Cl3F3N3O. The molecule has 0 saturated heterocycles. The van der Waals surface area contributed by atoms with Gasteiger partial charge in [-0.05, 0) is 0 Å². The van der Waals surface area contributed by atoms with Gasteiger partial charge in [-0.2, -0.15) is 13.2 Å². The molecule has 3 N–H and O–H groups in total. The van der Waals surface area contributed by atoms with Crippen molar-refractivity contribution in [3.8, 4) is 0 Å². The van der Waals surface area contributed by atoms with Crippen LogP contribution in [0.25, 0.3) is 0 Å². The molecule has 0 fully saturated rings. The van der Waals surface area contributed by atoms with Crippen molar-refractivity contribution in [2.24, 2.45) is 0 Å². The van der Waals surface area contributed by atoms with Gasteiger partial charge in [-0.15, -0.1) is 5.53 Å².